The van der Waals surface area contributed by atoms with Crippen LogP contribution in [0.1, 0.15) is 90.9 Å². The lowest BCUT2D eigenvalue weighted by atomic mass is 9.89. The van der Waals surface area contributed by atoms with Gasteiger partial charge in [0.2, 0.25) is 29.2 Å². The van der Waals surface area contributed by atoms with Crippen LogP contribution in [0, 0.1) is 11.8 Å². The van der Waals surface area contributed by atoms with Crippen molar-refractivity contribution in [1.82, 2.24) is 16.0 Å². The highest BCUT2D eigenvalue weighted by Crippen LogP contribution is 2.41. The quantitative estimate of drug-likeness (QED) is 0.0210. The number of carbonyl (C=O) groups is 5. The normalized spacial score (nSPS) is 43.8. The van der Waals surface area contributed by atoms with Crippen LogP contribution < -0.4 is 21.1 Å². The third kappa shape index (κ3) is 21.3. The lowest BCUT2D eigenvalue weighted by Gasteiger charge is -2.52. The third-order valence-corrected chi connectivity index (χ3v) is 20.3. The number of carboxylic acid groups (broad SMARTS) is 1. The van der Waals surface area contributed by atoms with E-state index in [-0.39, 0.29) is 25.7 Å². The van der Waals surface area contributed by atoms with Crippen molar-refractivity contribution in [2.75, 3.05) is 60.4 Å². The highest BCUT2D eigenvalue weighted by atomic mass is 19.1. The number of ketones is 1. The number of aliphatic hydroxyl groups is 18. The number of amides is 3. The van der Waals surface area contributed by atoms with Crippen molar-refractivity contribution in [3.05, 3.63) is 0 Å². The first-order chi connectivity index (χ1) is 51.8. The SMILES string of the molecule is CO[C@@H]1OC(CO)[C@@H](O[C@@H]2OC(CO)[C@H](O[C@H]3OC(CO)[C@@H](OC)[C@H](O[C@@H]4OC(CO)[C@@H](O[C@@H]5OC(CO)[C@H](O)[C@H](O[C@@]6(C(=O)[O-])C[C@@H](O)[C@H](NC(C)=O)C(C(O)CNC(=O)CCCCCCC(=O)C7(F)C#CCCCCC7)O6)C5O)[C@H](O)C4NC(C)=O)C3O)[C@H](O[C@@H]3OC(CO)[C@@H](O)[C@H](O)C3O)C2O)[C@H](O)C1O. The molecule has 7 fully saturated rings. The number of carbonyl (C=O) groups excluding carboxylic acids is 5. The smallest absolute Gasteiger partial charge is 0.228 e. The van der Waals surface area contributed by atoms with E-state index >= 15 is 4.39 Å². The topological polar surface area (TPSA) is 647 Å². The molecular weight excluding hydrogens is 1480 g/mol. The van der Waals surface area contributed by atoms with Gasteiger partial charge in [-0.25, -0.2) is 4.39 Å². The second kappa shape index (κ2) is 40.8. The number of carboxylic acids is 1. The summed E-state index contributed by atoms with van der Waals surface area (Å²) in [7, 11) is 2.17. The van der Waals surface area contributed by atoms with Crippen molar-refractivity contribution in [2.24, 2.45) is 0 Å². The molecule has 0 aromatic heterocycles. The number of ether oxygens (including phenoxy) is 15. The van der Waals surface area contributed by atoms with Gasteiger partial charge in [-0.15, -0.1) is 0 Å². The van der Waals surface area contributed by atoms with E-state index in [0.29, 0.717) is 32.1 Å². The summed E-state index contributed by atoms with van der Waals surface area (Å²) < 4.78 is 103. The number of aliphatic carboxylic acids is 1. The lowest BCUT2D eigenvalue weighted by Crippen LogP contribution is -2.72. The van der Waals surface area contributed by atoms with Crippen molar-refractivity contribution in [3.8, 4) is 11.8 Å². The number of rotatable bonds is 34. The van der Waals surface area contributed by atoms with Gasteiger partial charge < -0.3 is 189 Å². The Bertz CT molecular complexity index is 2970. The molecule has 7 heterocycles. The summed E-state index contributed by atoms with van der Waals surface area (Å²) in [5.74, 6) is -3.43. The molecule has 21 N–H and O–H groups in total. The minimum atomic E-state index is -3.32. The van der Waals surface area contributed by atoms with Crippen LogP contribution in [0.25, 0.3) is 0 Å². The van der Waals surface area contributed by atoms with Gasteiger partial charge in [-0.1, -0.05) is 31.1 Å². The summed E-state index contributed by atoms with van der Waals surface area (Å²) in [5, 5.41) is 222. The molecule has 0 radical (unpaired) electrons. The maximum absolute atomic E-state index is 15.4. The average molecular weight is 1580 g/mol. The van der Waals surface area contributed by atoms with E-state index < -0.39 is 302 Å². The molecule has 8 aliphatic rings. The number of unbranched alkanes of at least 4 members (excludes halogenated alkanes) is 3. The third-order valence-electron chi connectivity index (χ3n) is 20.3. The second-order valence-corrected chi connectivity index (χ2v) is 28.0. The highest BCUT2D eigenvalue weighted by molar-refractivity contribution is 5.90. The monoisotopic (exact) mass is 1580 g/mol. The van der Waals surface area contributed by atoms with Crippen molar-refractivity contribution < 1.29 is 196 Å². The number of alkyl halides is 1. The number of methoxy groups -OCH3 is 2. The van der Waals surface area contributed by atoms with Crippen LogP contribution in [0.5, 0.6) is 0 Å². The summed E-state index contributed by atoms with van der Waals surface area (Å²) in [6.07, 6.45) is -61.8. The van der Waals surface area contributed by atoms with Gasteiger partial charge in [0.15, 0.2) is 43.5 Å². The Hall–Kier alpha value is -4.28. The molecule has 109 heavy (non-hydrogen) atoms. The van der Waals surface area contributed by atoms with Crippen LogP contribution in [0.2, 0.25) is 0 Å². The molecule has 0 aromatic carbocycles. The van der Waals surface area contributed by atoms with Crippen molar-refractivity contribution in [1.29, 1.82) is 0 Å². The summed E-state index contributed by atoms with van der Waals surface area (Å²) in [6, 6.07) is -3.59. The number of nitrogens with one attached hydrogen (secondary N) is 3. The van der Waals surface area contributed by atoms with Crippen LogP contribution in [-0.2, 0) is 95.0 Å². The molecule has 0 spiro atoms. The molecule has 0 aromatic rings. The van der Waals surface area contributed by atoms with E-state index in [1.807, 2.05) is 0 Å². The molecule has 0 saturated carbocycles. The van der Waals surface area contributed by atoms with Crippen LogP contribution in [0.4, 0.5) is 4.39 Å². The Morgan fingerprint density at radius 3 is 1.51 bits per heavy atom. The fourth-order valence-corrected chi connectivity index (χ4v) is 14.4. The number of hydrogen-bond acceptors (Lipinski definition) is 39. The summed E-state index contributed by atoms with van der Waals surface area (Å²) in [6.45, 7) is -5.17. The zero-order valence-electron chi connectivity index (χ0n) is 60.1. The Labute approximate surface area is 623 Å². The maximum Gasteiger partial charge on any atom is 0.228 e. The van der Waals surface area contributed by atoms with Gasteiger partial charge in [0.05, 0.1) is 57.9 Å². The molecule has 1 aliphatic carbocycles. The molecule has 0 bridgehead atoms. The molecule has 36 atom stereocenters. The summed E-state index contributed by atoms with van der Waals surface area (Å²) >= 11 is 0. The van der Waals surface area contributed by atoms with Gasteiger partial charge in [-0.05, 0) is 25.7 Å². The first-order valence-electron chi connectivity index (χ1n) is 36.0. The minimum Gasteiger partial charge on any atom is -0.544 e. The van der Waals surface area contributed by atoms with E-state index in [1.54, 1.807) is 0 Å². The van der Waals surface area contributed by atoms with Gasteiger partial charge >= 0.3 is 0 Å². The van der Waals surface area contributed by atoms with Crippen molar-refractivity contribution >= 4 is 29.5 Å². The van der Waals surface area contributed by atoms with Crippen molar-refractivity contribution in [3.63, 3.8) is 0 Å². The van der Waals surface area contributed by atoms with Crippen molar-refractivity contribution in [2.45, 2.75) is 311 Å². The van der Waals surface area contributed by atoms with Crippen LogP contribution in [-0.4, -0.2) is 402 Å². The number of hydrogen-bond donors (Lipinski definition) is 21. The molecule has 42 nitrogen and oxygen atoms in total. The molecule has 15 unspecified atom stereocenters. The highest BCUT2D eigenvalue weighted by Gasteiger charge is 2.61. The molecule has 43 heteroatoms. The van der Waals surface area contributed by atoms with E-state index in [2.05, 4.69) is 27.8 Å². The van der Waals surface area contributed by atoms with Crippen LogP contribution >= 0.6 is 0 Å². The fraction of sp³-hybridized carbons (Fsp3) is 0.894. The van der Waals surface area contributed by atoms with Gasteiger partial charge in [-0.2, -0.15) is 0 Å². The van der Waals surface area contributed by atoms with E-state index in [1.165, 1.54) is 0 Å². The largest absolute Gasteiger partial charge is 0.544 e. The standard InChI is InChI=1S/C66H106FN3O39/c1-26(77)69-38-28(79)18-66(64(93)94,108-50(38)29(80)19-68-37(82)15-11-7-6-10-14-36(81)65(67)16-12-8-5-9-13-17-65)109-55-41(84)31(21-72)98-61(47(55)90)103-51-32(22-73)99-58(39(42(51)85)70-27(2)78)106-56-48(91)63(101-34(24-75)53(56)95-3)105-54-35(25-76)102-62(104-52-33(23-74)100-59(96-4)46(89)44(52)87)49(92)57(54)107-60-45(88)43(86)40(83)30(20-71)97-60/h28-35,38-63,71-76,79-80,83-92H,5-12,14-16,18-25H2,1-4H3,(H,68,82)(H,69,77)(H,70,78)(H,93,94)/p-1/t28-,29?,30?,31?,32?,33?,34?,35?,38+,39?,40-,41+,42-,43+,44-,45?,46?,47?,48?,49?,50?,51-,52-,53-,54+,55+,56-,57-,58+,59-,60+,61+,62+,63-,65?,66-/m1/s1. The van der Waals surface area contributed by atoms with E-state index in [0.717, 1.165) is 40.9 Å². The van der Waals surface area contributed by atoms with Crippen LogP contribution in [0.3, 0.4) is 0 Å². The number of Topliss-reactive ketones (excluding diaryl/α,β-unsaturated/α-hetero) is 1. The summed E-state index contributed by atoms with van der Waals surface area (Å²) in [4.78, 5) is 64.7. The average Bonchev–Trinajstić information content (AvgIpc) is 0.759. The Morgan fingerprint density at radius 1 is 0.495 bits per heavy atom. The second-order valence-electron chi connectivity index (χ2n) is 28.0. The zero-order valence-corrected chi connectivity index (χ0v) is 60.1. The predicted molar refractivity (Wildman–Crippen MR) is 346 cm³/mol. The molecular formula is C66H105FN3O39-. The molecule has 626 valence electrons. The lowest BCUT2D eigenvalue weighted by molar-refractivity contribution is -0.411. The van der Waals surface area contributed by atoms with E-state index in [9.17, 15) is 121 Å². The first kappa shape index (κ1) is 90.3. The molecule has 7 aliphatic heterocycles. The number of halogens is 1. The molecule has 3 amide bonds. The summed E-state index contributed by atoms with van der Waals surface area (Å²) in [5.41, 5.74) is -2.21. The Kier molecular flexibility index (Phi) is 33.8. The fourth-order valence-electron chi connectivity index (χ4n) is 14.4. The van der Waals surface area contributed by atoms with Gasteiger partial charge in [0.1, 0.15) is 159 Å². The minimum absolute atomic E-state index is 0.0188. The zero-order chi connectivity index (χ0) is 80.1. The van der Waals surface area contributed by atoms with Gasteiger partial charge in [0.25, 0.3) is 0 Å². The first-order valence-corrected chi connectivity index (χ1v) is 36.0. The Balaban J connectivity index is 0.983. The number of aliphatic hydroxyl groups excluding tert-OH is 18. The predicted octanol–water partition coefficient (Wildman–Crippen LogP) is -12.5. The van der Waals surface area contributed by atoms with Crippen LogP contribution in [0.15, 0.2) is 0 Å². The van der Waals surface area contributed by atoms with Gasteiger partial charge in [-0.3, -0.25) is 19.2 Å². The maximum atomic E-state index is 15.4. The molecule has 7 saturated heterocycles. The molecule has 8 rings (SSSR count). The van der Waals surface area contributed by atoms with E-state index in [4.69, 9.17) is 71.1 Å². The van der Waals surface area contributed by atoms with Gasteiger partial charge in [0, 0.05) is 66.7 Å². The Morgan fingerprint density at radius 2 is 0.954 bits per heavy atom.